The molecule has 0 fully saturated rings. The maximum atomic E-state index is 5.73. The fourth-order valence-electron chi connectivity index (χ4n) is 0.626. The van der Waals surface area contributed by atoms with Gasteiger partial charge in [0.2, 0.25) is 0 Å². The Morgan fingerprint density at radius 3 is 3.17 bits per heavy atom. The van der Waals surface area contributed by atoms with Gasteiger partial charge in [-0.25, -0.2) is 9.97 Å². The molecule has 0 spiro atoms. The van der Waals surface area contributed by atoms with Crippen LogP contribution in [0.2, 0.25) is 5.15 Å². The van der Waals surface area contributed by atoms with Crippen molar-refractivity contribution in [2.24, 2.45) is 0 Å². The summed E-state index contributed by atoms with van der Waals surface area (Å²) in [6, 6.07) is 0. The molecule has 0 saturated carbocycles. The van der Waals surface area contributed by atoms with E-state index in [-0.39, 0.29) is 0 Å². The van der Waals surface area contributed by atoms with Crippen molar-refractivity contribution in [3.05, 3.63) is 23.2 Å². The van der Waals surface area contributed by atoms with Gasteiger partial charge in [0, 0.05) is 6.20 Å². The number of aromatic nitrogens is 2. The van der Waals surface area contributed by atoms with Crippen LogP contribution in [0.5, 0.6) is 0 Å². The maximum absolute atomic E-state index is 5.73. The molecule has 1 heterocycles. The Balaban J connectivity index is 2.77. The van der Waals surface area contributed by atoms with Crippen LogP contribution in [0.4, 0.5) is 0 Å². The number of hydrogen-bond acceptors (Lipinski definition) is 3. The van der Waals surface area contributed by atoms with Gasteiger partial charge in [0.05, 0.1) is 12.1 Å². The molecule has 0 saturated heterocycles. The predicted octanol–water partition coefficient (Wildman–Crippen LogP) is 0.701. The van der Waals surface area contributed by atoms with Crippen LogP contribution in [0.3, 0.4) is 0 Å². The molecule has 0 aliphatic rings. The van der Waals surface area contributed by atoms with Crippen LogP contribution in [-0.4, -0.2) is 23.6 Å². The van der Waals surface area contributed by atoms with E-state index in [1.165, 1.54) is 6.33 Å². The number of nitrogens with zero attached hydrogens (tertiary/aromatic N) is 2. The van der Waals surface area contributed by atoms with Crippen LogP contribution in [0.15, 0.2) is 12.5 Å². The first-order chi connectivity index (χ1) is 5.84. The van der Waals surface area contributed by atoms with Crippen LogP contribution in [0.25, 0.3) is 0 Å². The highest BCUT2D eigenvalue weighted by Gasteiger charge is 1.94. The highest BCUT2D eigenvalue weighted by atomic mass is 35.5. The fourth-order valence-corrected chi connectivity index (χ4v) is 0.766. The normalized spacial score (nSPS) is 8.83. The average molecular weight is 182 g/mol. The smallest absolute Gasteiger partial charge is 0.148 e. The topological polar surface area (TPSA) is 37.8 Å². The minimum Gasteiger partial charge on any atom is -0.309 e. The molecule has 0 amide bonds. The van der Waals surface area contributed by atoms with Gasteiger partial charge in [0.25, 0.3) is 0 Å². The lowest BCUT2D eigenvalue weighted by atomic mass is 10.3. The zero-order valence-electron chi connectivity index (χ0n) is 6.63. The molecular formula is C8H8ClN3. The zero-order chi connectivity index (χ0) is 8.81. The predicted molar refractivity (Wildman–Crippen MR) is 47.8 cm³/mol. The highest BCUT2D eigenvalue weighted by Crippen LogP contribution is 2.07. The van der Waals surface area contributed by atoms with Gasteiger partial charge in [-0.15, -0.1) is 0 Å². The molecule has 3 nitrogen and oxygen atoms in total. The molecule has 0 radical (unpaired) electrons. The molecule has 62 valence electrons. The molecule has 1 aromatic heterocycles. The third-order valence-corrected chi connectivity index (χ3v) is 1.45. The second-order valence-electron chi connectivity index (χ2n) is 2.06. The maximum Gasteiger partial charge on any atom is 0.148 e. The summed E-state index contributed by atoms with van der Waals surface area (Å²) in [5, 5.41) is 3.30. The molecular weight excluding hydrogens is 174 g/mol. The summed E-state index contributed by atoms with van der Waals surface area (Å²) in [5.74, 6) is 5.71. The molecule has 1 N–H and O–H groups in total. The van der Waals surface area contributed by atoms with Crippen molar-refractivity contribution in [1.82, 2.24) is 15.3 Å². The van der Waals surface area contributed by atoms with Crippen LogP contribution in [0, 0.1) is 11.8 Å². The quantitative estimate of drug-likeness (QED) is 0.512. The second-order valence-corrected chi connectivity index (χ2v) is 2.42. The Morgan fingerprint density at radius 2 is 2.50 bits per heavy atom. The first kappa shape index (κ1) is 8.98. The van der Waals surface area contributed by atoms with Crippen molar-refractivity contribution < 1.29 is 0 Å². The van der Waals surface area contributed by atoms with Gasteiger partial charge in [-0.05, 0) is 7.05 Å². The molecule has 0 aliphatic carbocycles. The number of halogens is 1. The van der Waals surface area contributed by atoms with Crippen LogP contribution in [-0.2, 0) is 0 Å². The van der Waals surface area contributed by atoms with Gasteiger partial charge in [-0.2, -0.15) is 0 Å². The van der Waals surface area contributed by atoms with Crippen LogP contribution < -0.4 is 5.32 Å². The van der Waals surface area contributed by atoms with Crippen LogP contribution in [0.1, 0.15) is 5.56 Å². The Bertz CT molecular complexity index is 314. The van der Waals surface area contributed by atoms with E-state index in [2.05, 4.69) is 27.1 Å². The molecule has 4 heteroatoms. The minimum absolute atomic E-state index is 0.397. The molecule has 1 rings (SSSR count). The molecule has 12 heavy (non-hydrogen) atoms. The minimum atomic E-state index is 0.397. The number of rotatable bonds is 1. The summed E-state index contributed by atoms with van der Waals surface area (Å²) >= 11 is 5.73. The van der Waals surface area contributed by atoms with E-state index in [4.69, 9.17) is 11.6 Å². The Kier molecular flexibility index (Phi) is 3.52. The SMILES string of the molecule is CNCC#Cc1cncnc1Cl. The van der Waals surface area contributed by atoms with Crippen molar-refractivity contribution in [3.8, 4) is 11.8 Å². The Labute approximate surface area is 76.2 Å². The zero-order valence-corrected chi connectivity index (χ0v) is 7.39. The van der Waals surface area contributed by atoms with Gasteiger partial charge in [0.1, 0.15) is 11.5 Å². The van der Waals surface area contributed by atoms with Gasteiger partial charge in [0.15, 0.2) is 0 Å². The van der Waals surface area contributed by atoms with Crippen LogP contribution >= 0.6 is 11.6 Å². The first-order valence-corrected chi connectivity index (χ1v) is 3.81. The second kappa shape index (κ2) is 4.70. The number of nitrogens with one attached hydrogen (secondary N) is 1. The van der Waals surface area contributed by atoms with E-state index in [0.717, 1.165) is 0 Å². The summed E-state index contributed by atoms with van der Waals surface area (Å²) in [5.41, 5.74) is 0.661. The summed E-state index contributed by atoms with van der Waals surface area (Å²) in [7, 11) is 1.83. The van der Waals surface area contributed by atoms with E-state index < -0.39 is 0 Å². The lowest BCUT2D eigenvalue weighted by Crippen LogP contribution is -2.04. The van der Waals surface area contributed by atoms with E-state index in [9.17, 15) is 0 Å². The summed E-state index contributed by atoms with van der Waals surface area (Å²) in [6.45, 7) is 0.630. The van der Waals surface area contributed by atoms with Gasteiger partial charge < -0.3 is 5.32 Å². The molecule has 0 aromatic carbocycles. The third-order valence-electron chi connectivity index (χ3n) is 1.15. The third kappa shape index (κ3) is 2.50. The standard InChI is InChI=1S/C8H8ClN3/c1-10-4-2-3-7-5-11-6-12-8(7)9/h5-6,10H,4H2,1H3. The largest absolute Gasteiger partial charge is 0.309 e. The Hall–Kier alpha value is -1.11. The number of hydrogen-bond donors (Lipinski definition) is 1. The lowest BCUT2D eigenvalue weighted by molar-refractivity contribution is 0.938. The first-order valence-electron chi connectivity index (χ1n) is 3.43. The van der Waals surface area contributed by atoms with Gasteiger partial charge in [-0.3, -0.25) is 0 Å². The van der Waals surface area contributed by atoms with Crippen molar-refractivity contribution in [1.29, 1.82) is 0 Å². The Morgan fingerprint density at radius 1 is 1.67 bits per heavy atom. The van der Waals surface area contributed by atoms with Crippen molar-refractivity contribution >= 4 is 11.6 Å². The van der Waals surface area contributed by atoms with Crippen molar-refractivity contribution in [2.75, 3.05) is 13.6 Å². The highest BCUT2D eigenvalue weighted by molar-refractivity contribution is 6.30. The summed E-state index contributed by atoms with van der Waals surface area (Å²) < 4.78 is 0. The molecule has 0 atom stereocenters. The van der Waals surface area contributed by atoms with Gasteiger partial charge >= 0.3 is 0 Å². The molecule has 1 aromatic rings. The monoisotopic (exact) mass is 181 g/mol. The van der Waals surface area contributed by atoms with E-state index in [1.54, 1.807) is 6.20 Å². The fraction of sp³-hybridized carbons (Fsp3) is 0.250. The van der Waals surface area contributed by atoms with E-state index in [1.807, 2.05) is 7.05 Å². The van der Waals surface area contributed by atoms with Crippen molar-refractivity contribution in [3.63, 3.8) is 0 Å². The lowest BCUT2D eigenvalue weighted by Gasteiger charge is -1.90. The average Bonchev–Trinajstić information content (AvgIpc) is 2.09. The van der Waals surface area contributed by atoms with Crippen molar-refractivity contribution in [2.45, 2.75) is 0 Å². The van der Waals surface area contributed by atoms with Gasteiger partial charge in [-0.1, -0.05) is 23.4 Å². The molecule has 0 aliphatic heterocycles. The summed E-state index contributed by atoms with van der Waals surface area (Å²) in [6.07, 6.45) is 2.99. The van der Waals surface area contributed by atoms with E-state index in [0.29, 0.717) is 17.3 Å². The molecule has 0 bridgehead atoms. The van der Waals surface area contributed by atoms with E-state index >= 15 is 0 Å². The summed E-state index contributed by atoms with van der Waals surface area (Å²) in [4.78, 5) is 7.60. The molecule has 0 unspecified atom stereocenters.